The van der Waals surface area contributed by atoms with Gasteiger partial charge in [0.25, 0.3) is 0 Å². The SMILES string of the molecule is C=C(/C=C\S)CC. The van der Waals surface area contributed by atoms with Gasteiger partial charge in [0.15, 0.2) is 0 Å². The lowest BCUT2D eigenvalue weighted by molar-refractivity contribution is 1.16. The molecule has 0 spiro atoms. The van der Waals surface area contributed by atoms with Gasteiger partial charge in [-0.3, -0.25) is 0 Å². The molecule has 0 aromatic rings. The van der Waals surface area contributed by atoms with Crippen molar-refractivity contribution in [2.24, 2.45) is 0 Å². The summed E-state index contributed by atoms with van der Waals surface area (Å²) in [5, 5.41) is 1.70. The maximum Gasteiger partial charge on any atom is -0.0313 e. The average Bonchev–Trinajstić information content (AvgIpc) is 1.68. The molecule has 0 N–H and O–H groups in total. The Labute approximate surface area is 50.3 Å². The maximum absolute atomic E-state index is 3.87. The van der Waals surface area contributed by atoms with Crippen LogP contribution in [0.25, 0.3) is 0 Å². The summed E-state index contributed by atoms with van der Waals surface area (Å²) in [4.78, 5) is 0. The van der Waals surface area contributed by atoms with Crippen molar-refractivity contribution in [3.8, 4) is 0 Å². The summed E-state index contributed by atoms with van der Waals surface area (Å²) >= 11 is 3.87. The summed E-state index contributed by atoms with van der Waals surface area (Å²) in [5.41, 5.74) is 1.12. The molecule has 0 aromatic heterocycles. The third-order valence-electron chi connectivity index (χ3n) is 0.764. The van der Waals surface area contributed by atoms with E-state index in [9.17, 15) is 0 Å². The monoisotopic (exact) mass is 114 g/mol. The van der Waals surface area contributed by atoms with E-state index in [-0.39, 0.29) is 0 Å². The van der Waals surface area contributed by atoms with Gasteiger partial charge in [0.1, 0.15) is 0 Å². The molecule has 0 saturated carbocycles. The first-order chi connectivity index (χ1) is 3.31. The van der Waals surface area contributed by atoms with Crippen molar-refractivity contribution in [3.05, 3.63) is 23.6 Å². The fourth-order valence-corrected chi connectivity index (χ4v) is 0.434. The van der Waals surface area contributed by atoms with E-state index in [2.05, 4.69) is 26.1 Å². The molecule has 0 saturated heterocycles. The van der Waals surface area contributed by atoms with Crippen molar-refractivity contribution < 1.29 is 0 Å². The van der Waals surface area contributed by atoms with Gasteiger partial charge in [0, 0.05) is 0 Å². The Kier molecular flexibility index (Phi) is 3.90. The number of hydrogen-bond acceptors (Lipinski definition) is 1. The van der Waals surface area contributed by atoms with Crippen LogP contribution in [0.3, 0.4) is 0 Å². The van der Waals surface area contributed by atoms with Crippen LogP contribution in [0, 0.1) is 0 Å². The number of allylic oxidation sites excluding steroid dienone is 2. The second-order valence-electron chi connectivity index (χ2n) is 1.33. The topological polar surface area (TPSA) is 0 Å². The minimum Gasteiger partial charge on any atom is -0.151 e. The van der Waals surface area contributed by atoms with E-state index >= 15 is 0 Å². The minimum absolute atomic E-state index is 1.01. The van der Waals surface area contributed by atoms with Crippen LogP contribution in [0.15, 0.2) is 23.6 Å². The zero-order chi connectivity index (χ0) is 5.70. The molecular formula is C6H10S. The molecule has 0 atom stereocenters. The Morgan fingerprint density at radius 2 is 2.43 bits per heavy atom. The summed E-state index contributed by atoms with van der Waals surface area (Å²) in [6.07, 6.45) is 2.90. The summed E-state index contributed by atoms with van der Waals surface area (Å²) in [6, 6.07) is 0. The Morgan fingerprint density at radius 1 is 1.86 bits per heavy atom. The standard InChI is InChI=1S/C6H10S/c1-3-6(2)4-5-7/h4-5,7H,2-3H2,1H3/b5-4-. The van der Waals surface area contributed by atoms with Crippen LogP contribution >= 0.6 is 12.6 Å². The molecule has 0 amide bonds. The molecular weight excluding hydrogens is 104 g/mol. The highest BCUT2D eigenvalue weighted by atomic mass is 32.1. The Bertz CT molecular complexity index is 82.2. The second-order valence-corrected chi connectivity index (χ2v) is 1.63. The van der Waals surface area contributed by atoms with Gasteiger partial charge in [0.2, 0.25) is 0 Å². The fourth-order valence-electron chi connectivity index (χ4n) is 0.223. The van der Waals surface area contributed by atoms with Gasteiger partial charge >= 0.3 is 0 Å². The lowest BCUT2D eigenvalue weighted by Crippen LogP contribution is -1.64. The van der Waals surface area contributed by atoms with Crippen molar-refractivity contribution >= 4 is 12.6 Å². The van der Waals surface area contributed by atoms with Crippen molar-refractivity contribution in [2.45, 2.75) is 13.3 Å². The predicted molar refractivity (Wildman–Crippen MR) is 37.6 cm³/mol. The first-order valence-electron chi connectivity index (χ1n) is 2.29. The molecule has 1 heteroatoms. The number of rotatable bonds is 2. The van der Waals surface area contributed by atoms with E-state index in [0.717, 1.165) is 12.0 Å². The molecule has 0 radical (unpaired) electrons. The highest BCUT2D eigenvalue weighted by Gasteiger charge is 1.75. The van der Waals surface area contributed by atoms with Crippen LogP contribution in [-0.4, -0.2) is 0 Å². The quantitative estimate of drug-likeness (QED) is 0.413. The molecule has 0 aliphatic rings. The third-order valence-corrected chi connectivity index (χ3v) is 0.913. The maximum atomic E-state index is 3.87. The third kappa shape index (κ3) is 3.67. The van der Waals surface area contributed by atoms with Crippen molar-refractivity contribution in [1.82, 2.24) is 0 Å². The van der Waals surface area contributed by atoms with Gasteiger partial charge < -0.3 is 0 Å². The normalized spacial score (nSPS) is 10.0. The van der Waals surface area contributed by atoms with Crippen molar-refractivity contribution in [2.75, 3.05) is 0 Å². The van der Waals surface area contributed by atoms with Crippen LogP contribution < -0.4 is 0 Å². The second kappa shape index (κ2) is 4.00. The molecule has 0 bridgehead atoms. The smallest absolute Gasteiger partial charge is 0.0313 e. The zero-order valence-corrected chi connectivity index (χ0v) is 5.41. The molecule has 7 heavy (non-hydrogen) atoms. The molecule has 0 rings (SSSR count). The first kappa shape index (κ1) is 6.83. The fraction of sp³-hybridized carbons (Fsp3) is 0.333. The van der Waals surface area contributed by atoms with Gasteiger partial charge in [-0.15, -0.1) is 0 Å². The minimum atomic E-state index is 1.01. The number of thiol groups is 1. The van der Waals surface area contributed by atoms with E-state index in [1.54, 1.807) is 5.41 Å². The molecule has 40 valence electrons. The summed E-state index contributed by atoms with van der Waals surface area (Å²) in [7, 11) is 0. The van der Waals surface area contributed by atoms with Gasteiger partial charge in [0.05, 0.1) is 0 Å². The average molecular weight is 114 g/mol. The Morgan fingerprint density at radius 3 is 2.57 bits per heavy atom. The van der Waals surface area contributed by atoms with E-state index < -0.39 is 0 Å². The van der Waals surface area contributed by atoms with Crippen LogP contribution in [0.1, 0.15) is 13.3 Å². The molecule has 0 aliphatic carbocycles. The zero-order valence-electron chi connectivity index (χ0n) is 4.52. The van der Waals surface area contributed by atoms with Gasteiger partial charge in [-0.2, -0.15) is 12.6 Å². The molecule has 0 unspecified atom stereocenters. The van der Waals surface area contributed by atoms with Crippen LogP contribution in [-0.2, 0) is 0 Å². The Hall–Kier alpha value is -0.170. The number of hydrogen-bond donors (Lipinski definition) is 1. The van der Waals surface area contributed by atoms with Crippen LogP contribution in [0.4, 0.5) is 0 Å². The Balaban J connectivity index is 3.37. The van der Waals surface area contributed by atoms with Crippen molar-refractivity contribution in [3.63, 3.8) is 0 Å². The lowest BCUT2D eigenvalue weighted by Gasteiger charge is -1.85. The molecule has 0 nitrogen and oxygen atoms in total. The highest BCUT2D eigenvalue weighted by molar-refractivity contribution is 7.83. The lowest BCUT2D eigenvalue weighted by atomic mass is 10.2. The van der Waals surface area contributed by atoms with Gasteiger partial charge in [-0.1, -0.05) is 25.2 Å². The predicted octanol–water partition coefficient (Wildman–Crippen LogP) is 2.40. The van der Waals surface area contributed by atoms with E-state index in [1.165, 1.54) is 0 Å². The summed E-state index contributed by atoms with van der Waals surface area (Å²) in [5.74, 6) is 0. The highest BCUT2D eigenvalue weighted by Crippen LogP contribution is 1.97. The van der Waals surface area contributed by atoms with Gasteiger partial charge in [-0.25, -0.2) is 0 Å². The van der Waals surface area contributed by atoms with Gasteiger partial charge in [-0.05, 0) is 11.8 Å². The van der Waals surface area contributed by atoms with E-state index in [4.69, 9.17) is 0 Å². The van der Waals surface area contributed by atoms with E-state index in [1.807, 2.05) is 6.08 Å². The summed E-state index contributed by atoms with van der Waals surface area (Å²) < 4.78 is 0. The first-order valence-corrected chi connectivity index (χ1v) is 2.81. The molecule has 0 fully saturated rings. The van der Waals surface area contributed by atoms with E-state index in [0.29, 0.717) is 0 Å². The van der Waals surface area contributed by atoms with Crippen LogP contribution in [0.2, 0.25) is 0 Å². The largest absolute Gasteiger partial charge is 0.151 e. The van der Waals surface area contributed by atoms with Crippen molar-refractivity contribution in [1.29, 1.82) is 0 Å². The molecule has 0 aromatic carbocycles. The molecule has 0 heterocycles. The molecule has 0 aliphatic heterocycles. The van der Waals surface area contributed by atoms with Crippen LogP contribution in [0.5, 0.6) is 0 Å². The summed E-state index contributed by atoms with van der Waals surface area (Å²) in [6.45, 7) is 5.79.